The Kier molecular flexibility index (Phi) is 6.26. The number of thiazole rings is 2. The number of hydrogen-bond donors (Lipinski definition) is 1. The minimum absolute atomic E-state index is 0.893. The van der Waals surface area contributed by atoms with E-state index in [1.54, 1.807) is 34.4 Å². The van der Waals surface area contributed by atoms with Crippen LogP contribution in [0.4, 0.5) is 10.3 Å². The Labute approximate surface area is 200 Å². The molecule has 2 heterocycles. The lowest BCUT2D eigenvalue weighted by Gasteiger charge is -2.04. The summed E-state index contributed by atoms with van der Waals surface area (Å²) < 4.78 is 1.20. The normalized spacial score (nSPS) is 11.2. The van der Waals surface area contributed by atoms with Crippen LogP contribution in [0.2, 0.25) is 0 Å². The molecule has 0 saturated carbocycles. The molecule has 5 rings (SSSR count). The van der Waals surface area contributed by atoms with E-state index in [1.807, 2.05) is 6.07 Å². The average Bonchev–Trinajstić information content (AvgIpc) is 3.43. The Balaban J connectivity index is 1.45. The van der Waals surface area contributed by atoms with Crippen molar-refractivity contribution in [2.75, 3.05) is 11.6 Å². The van der Waals surface area contributed by atoms with Crippen LogP contribution in [0.15, 0.2) is 77.7 Å². The van der Waals surface area contributed by atoms with Crippen LogP contribution in [0.1, 0.15) is 18.2 Å². The summed E-state index contributed by atoms with van der Waals surface area (Å²) in [5.74, 6) is 0. The molecular weight excluding hydrogens is 451 g/mol. The standard InChI is InChI=1S/C26H23N3S3/c1-3-8-21-23(19-15-13-18(14-16-19)17-9-5-4-6-10-17)27-25(31-21)29-26-28-24-20(30-2)11-7-12-22(24)32-26/h4-7,9-16H,3,8H2,1-2H3,(H,27,28,29). The average molecular weight is 474 g/mol. The lowest BCUT2D eigenvalue weighted by Crippen LogP contribution is -1.89. The molecule has 0 aliphatic carbocycles. The van der Waals surface area contributed by atoms with Gasteiger partial charge >= 0.3 is 0 Å². The molecule has 0 spiro atoms. The van der Waals surface area contributed by atoms with Gasteiger partial charge in [0.05, 0.1) is 15.9 Å². The van der Waals surface area contributed by atoms with Crippen molar-refractivity contribution < 1.29 is 0 Å². The molecule has 0 saturated heterocycles. The minimum atomic E-state index is 0.893. The Hall–Kier alpha value is -2.67. The number of aromatic nitrogens is 2. The van der Waals surface area contributed by atoms with Crippen molar-refractivity contribution in [3.05, 3.63) is 77.7 Å². The first kappa shape index (κ1) is 21.2. The van der Waals surface area contributed by atoms with Crippen LogP contribution in [0.3, 0.4) is 0 Å². The molecule has 0 bridgehead atoms. The molecule has 1 N–H and O–H groups in total. The second-order valence-corrected chi connectivity index (χ2v) is 10.4. The Bertz CT molecular complexity index is 1340. The van der Waals surface area contributed by atoms with Crippen molar-refractivity contribution >= 4 is 54.9 Å². The van der Waals surface area contributed by atoms with Crippen LogP contribution >= 0.6 is 34.4 Å². The zero-order valence-corrected chi connectivity index (χ0v) is 20.4. The first-order valence-corrected chi connectivity index (χ1v) is 13.5. The van der Waals surface area contributed by atoms with Gasteiger partial charge in [0.25, 0.3) is 0 Å². The number of hydrogen-bond acceptors (Lipinski definition) is 6. The molecule has 0 amide bonds. The van der Waals surface area contributed by atoms with Crippen molar-refractivity contribution in [1.82, 2.24) is 9.97 Å². The number of thioether (sulfide) groups is 1. The van der Waals surface area contributed by atoms with Gasteiger partial charge in [-0.3, -0.25) is 0 Å². The van der Waals surface area contributed by atoms with Gasteiger partial charge in [-0.25, -0.2) is 9.97 Å². The summed E-state index contributed by atoms with van der Waals surface area (Å²) >= 11 is 5.14. The molecule has 160 valence electrons. The predicted octanol–water partition coefficient (Wildman–Crippen LogP) is 8.50. The van der Waals surface area contributed by atoms with Gasteiger partial charge in [-0.1, -0.05) is 85.3 Å². The molecule has 32 heavy (non-hydrogen) atoms. The number of nitrogens with zero attached hydrogens (tertiary/aromatic N) is 2. The number of benzene rings is 3. The van der Waals surface area contributed by atoms with E-state index in [9.17, 15) is 0 Å². The zero-order chi connectivity index (χ0) is 21.9. The molecule has 0 atom stereocenters. The fourth-order valence-corrected chi connectivity index (χ4v) is 6.38. The van der Waals surface area contributed by atoms with Crippen molar-refractivity contribution in [2.24, 2.45) is 0 Å². The van der Waals surface area contributed by atoms with Crippen LogP contribution in [0.5, 0.6) is 0 Å². The smallest absolute Gasteiger partial charge is 0.190 e. The third-order valence-electron chi connectivity index (χ3n) is 5.26. The summed E-state index contributed by atoms with van der Waals surface area (Å²) in [6, 6.07) is 25.6. The molecular formula is C26H23N3S3. The number of para-hydroxylation sites is 1. The second-order valence-electron chi connectivity index (χ2n) is 7.44. The van der Waals surface area contributed by atoms with E-state index in [2.05, 4.69) is 85.2 Å². The topological polar surface area (TPSA) is 37.8 Å². The number of rotatable bonds is 7. The van der Waals surface area contributed by atoms with E-state index < -0.39 is 0 Å². The van der Waals surface area contributed by atoms with Crippen LogP contribution in [-0.4, -0.2) is 16.2 Å². The van der Waals surface area contributed by atoms with Crippen molar-refractivity contribution in [3.8, 4) is 22.4 Å². The van der Waals surface area contributed by atoms with E-state index in [0.717, 1.165) is 39.9 Å². The first-order valence-electron chi connectivity index (χ1n) is 10.6. The third-order valence-corrected chi connectivity index (χ3v) is 7.99. The largest absolute Gasteiger partial charge is 0.307 e. The maximum atomic E-state index is 4.98. The maximum Gasteiger partial charge on any atom is 0.190 e. The molecule has 0 aliphatic rings. The fourth-order valence-electron chi connectivity index (χ4n) is 3.71. The predicted molar refractivity (Wildman–Crippen MR) is 142 cm³/mol. The quantitative estimate of drug-likeness (QED) is 0.240. The summed E-state index contributed by atoms with van der Waals surface area (Å²) in [6.45, 7) is 2.21. The van der Waals surface area contributed by atoms with Gasteiger partial charge in [-0.05, 0) is 35.9 Å². The highest BCUT2D eigenvalue weighted by molar-refractivity contribution is 7.98. The van der Waals surface area contributed by atoms with E-state index in [4.69, 9.17) is 9.97 Å². The first-order chi connectivity index (χ1) is 15.7. The third kappa shape index (κ3) is 4.31. The number of nitrogens with one attached hydrogen (secondary N) is 1. The summed E-state index contributed by atoms with van der Waals surface area (Å²) in [5, 5.41) is 5.27. The molecule has 0 aliphatic heterocycles. The second kappa shape index (κ2) is 9.45. The SMILES string of the molecule is CCCc1sc(Nc2nc3c(SC)cccc3s2)nc1-c1ccc(-c2ccccc2)cc1. The highest BCUT2D eigenvalue weighted by Crippen LogP contribution is 2.37. The van der Waals surface area contributed by atoms with Crippen molar-refractivity contribution in [1.29, 1.82) is 0 Å². The Morgan fingerprint density at radius 3 is 2.25 bits per heavy atom. The summed E-state index contributed by atoms with van der Waals surface area (Å²) in [5.41, 5.74) is 5.75. The van der Waals surface area contributed by atoms with Crippen molar-refractivity contribution in [3.63, 3.8) is 0 Å². The summed E-state index contributed by atoms with van der Waals surface area (Å²) in [6.07, 6.45) is 4.20. The number of aryl methyl sites for hydroxylation is 1. The van der Waals surface area contributed by atoms with Gasteiger partial charge in [-0.15, -0.1) is 23.1 Å². The summed E-state index contributed by atoms with van der Waals surface area (Å²) in [7, 11) is 0. The zero-order valence-electron chi connectivity index (χ0n) is 18.0. The Morgan fingerprint density at radius 1 is 0.781 bits per heavy atom. The monoisotopic (exact) mass is 473 g/mol. The lowest BCUT2D eigenvalue weighted by molar-refractivity contribution is 0.938. The molecule has 6 heteroatoms. The van der Waals surface area contributed by atoms with Gasteiger partial charge in [0.15, 0.2) is 10.3 Å². The summed E-state index contributed by atoms with van der Waals surface area (Å²) in [4.78, 5) is 12.3. The van der Waals surface area contributed by atoms with E-state index in [1.165, 1.54) is 25.6 Å². The van der Waals surface area contributed by atoms with Gasteiger partial charge in [0.1, 0.15) is 0 Å². The van der Waals surface area contributed by atoms with Crippen molar-refractivity contribution in [2.45, 2.75) is 24.7 Å². The van der Waals surface area contributed by atoms with E-state index in [0.29, 0.717) is 0 Å². The molecule has 5 aromatic rings. The highest BCUT2D eigenvalue weighted by atomic mass is 32.2. The molecule has 0 fully saturated rings. The lowest BCUT2D eigenvalue weighted by atomic mass is 10.0. The minimum Gasteiger partial charge on any atom is -0.307 e. The van der Waals surface area contributed by atoms with Gasteiger partial charge in [-0.2, -0.15) is 0 Å². The number of fused-ring (bicyclic) bond motifs is 1. The van der Waals surface area contributed by atoms with Crippen LogP contribution in [0, 0.1) is 0 Å². The molecule has 3 aromatic carbocycles. The molecule has 2 aromatic heterocycles. The highest BCUT2D eigenvalue weighted by Gasteiger charge is 2.15. The van der Waals surface area contributed by atoms with Crippen LogP contribution < -0.4 is 5.32 Å². The molecule has 0 radical (unpaired) electrons. The van der Waals surface area contributed by atoms with Gasteiger partial charge in [0, 0.05) is 15.3 Å². The van der Waals surface area contributed by atoms with E-state index >= 15 is 0 Å². The van der Waals surface area contributed by atoms with E-state index in [-0.39, 0.29) is 0 Å². The van der Waals surface area contributed by atoms with Gasteiger partial charge in [0.2, 0.25) is 0 Å². The van der Waals surface area contributed by atoms with Gasteiger partial charge < -0.3 is 5.32 Å². The van der Waals surface area contributed by atoms with Crippen LogP contribution in [0.25, 0.3) is 32.6 Å². The molecule has 0 unspecified atom stereocenters. The fraction of sp³-hybridized carbons (Fsp3) is 0.154. The number of anilines is 2. The van der Waals surface area contributed by atoms with Crippen LogP contribution in [-0.2, 0) is 6.42 Å². The Morgan fingerprint density at radius 2 is 1.50 bits per heavy atom. The maximum absolute atomic E-state index is 4.98. The molecule has 3 nitrogen and oxygen atoms in total.